The van der Waals surface area contributed by atoms with E-state index in [2.05, 4.69) is 58.8 Å². The lowest BCUT2D eigenvalue weighted by Crippen LogP contribution is -2.25. The summed E-state index contributed by atoms with van der Waals surface area (Å²) in [6.07, 6.45) is 3.07. The fraction of sp³-hybridized carbons (Fsp3) is 0.0345. The average molecular weight is 496 g/mol. The number of hydrogen-bond donors (Lipinski definition) is 1. The molecule has 1 amide bonds. The van der Waals surface area contributed by atoms with Crippen molar-refractivity contribution in [3.63, 3.8) is 0 Å². The molecular formula is C29H19F2N3OS. The summed E-state index contributed by atoms with van der Waals surface area (Å²) in [5, 5.41) is 5.22. The summed E-state index contributed by atoms with van der Waals surface area (Å²) >= 11 is 1.77. The molecule has 176 valence electrons. The van der Waals surface area contributed by atoms with E-state index >= 15 is 0 Å². The van der Waals surface area contributed by atoms with Gasteiger partial charge in [0, 0.05) is 32.4 Å². The molecule has 2 aromatic heterocycles. The Morgan fingerprint density at radius 2 is 1.72 bits per heavy atom. The summed E-state index contributed by atoms with van der Waals surface area (Å²) in [5.74, 6) is -2.24. The molecule has 2 heterocycles. The van der Waals surface area contributed by atoms with Crippen molar-refractivity contribution in [2.75, 3.05) is 0 Å². The zero-order chi connectivity index (χ0) is 24.6. The molecule has 0 atom stereocenters. The van der Waals surface area contributed by atoms with Crippen molar-refractivity contribution in [2.45, 2.75) is 6.54 Å². The third-order valence-electron chi connectivity index (χ3n) is 6.15. The van der Waals surface area contributed by atoms with Gasteiger partial charge in [-0.15, -0.1) is 11.3 Å². The van der Waals surface area contributed by atoms with Crippen LogP contribution in [0.2, 0.25) is 0 Å². The van der Waals surface area contributed by atoms with E-state index in [9.17, 15) is 13.6 Å². The first-order valence-corrected chi connectivity index (χ1v) is 12.2. The Hall–Kier alpha value is -4.36. The van der Waals surface area contributed by atoms with Gasteiger partial charge in [-0.3, -0.25) is 9.36 Å². The van der Waals surface area contributed by atoms with Crippen LogP contribution in [0.15, 0.2) is 97.5 Å². The largest absolute Gasteiger partial charge is 0.347 e. The van der Waals surface area contributed by atoms with Crippen molar-refractivity contribution >= 4 is 37.4 Å². The van der Waals surface area contributed by atoms with Gasteiger partial charge in [0.25, 0.3) is 5.91 Å². The van der Waals surface area contributed by atoms with Crippen LogP contribution in [-0.2, 0) is 6.54 Å². The Morgan fingerprint density at radius 3 is 2.61 bits per heavy atom. The Morgan fingerprint density at radius 1 is 0.889 bits per heavy atom. The van der Waals surface area contributed by atoms with Gasteiger partial charge in [0.1, 0.15) is 5.69 Å². The van der Waals surface area contributed by atoms with Crippen molar-refractivity contribution in [3.05, 3.63) is 120 Å². The van der Waals surface area contributed by atoms with Gasteiger partial charge in [-0.25, -0.2) is 13.8 Å². The lowest BCUT2D eigenvalue weighted by molar-refractivity contribution is 0.0944. The number of amides is 1. The van der Waals surface area contributed by atoms with Crippen molar-refractivity contribution in [1.82, 2.24) is 14.9 Å². The summed E-state index contributed by atoms with van der Waals surface area (Å²) in [6.45, 7) is 0.0647. The summed E-state index contributed by atoms with van der Waals surface area (Å²) in [6, 6.07) is 26.2. The Labute approximate surface area is 209 Å². The van der Waals surface area contributed by atoms with Crippen LogP contribution in [0.5, 0.6) is 0 Å². The molecule has 7 heteroatoms. The number of nitrogens with one attached hydrogen (secondary N) is 1. The Bertz CT molecular complexity index is 1750. The summed E-state index contributed by atoms with van der Waals surface area (Å²) in [4.78, 5) is 17.1. The minimum absolute atomic E-state index is 0.0647. The molecule has 0 saturated heterocycles. The zero-order valence-corrected chi connectivity index (χ0v) is 19.7. The number of nitrogens with zero attached hydrogens (tertiary/aromatic N) is 2. The molecule has 4 aromatic carbocycles. The molecule has 0 bridgehead atoms. The summed E-state index contributed by atoms with van der Waals surface area (Å²) in [7, 11) is 0. The predicted octanol–water partition coefficient (Wildman–Crippen LogP) is 7.12. The van der Waals surface area contributed by atoms with E-state index < -0.39 is 11.6 Å². The molecule has 6 aromatic rings. The highest BCUT2D eigenvalue weighted by Gasteiger charge is 2.15. The Kier molecular flexibility index (Phi) is 5.54. The molecule has 0 radical (unpaired) electrons. The fourth-order valence-corrected chi connectivity index (χ4v) is 5.63. The number of carbonyl (C=O) groups is 1. The predicted molar refractivity (Wildman–Crippen MR) is 139 cm³/mol. The normalized spacial score (nSPS) is 11.3. The summed E-state index contributed by atoms with van der Waals surface area (Å²) in [5.41, 5.74) is 3.76. The lowest BCUT2D eigenvalue weighted by Gasteiger charge is -2.11. The van der Waals surface area contributed by atoms with Gasteiger partial charge in [-0.2, -0.15) is 0 Å². The quantitative estimate of drug-likeness (QED) is 0.277. The molecular weight excluding hydrogens is 476 g/mol. The molecule has 4 nitrogen and oxygen atoms in total. The molecule has 0 saturated carbocycles. The molecule has 0 aliphatic carbocycles. The number of fused-ring (bicyclic) bond motifs is 3. The second-order valence-corrected chi connectivity index (χ2v) is 9.46. The highest BCUT2D eigenvalue weighted by Crippen LogP contribution is 2.40. The van der Waals surface area contributed by atoms with Gasteiger partial charge in [0.2, 0.25) is 0 Å². The van der Waals surface area contributed by atoms with E-state index in [1.165, 1.54) is 32.4 Å². The van der Waals surface area contributed by atoms with Crippen LogP contribution in [-0.4, -0.2) is 15.5 Å². The third kappa shape index (κ3) is 3.93. The number of hydrogen-bond acceptors (Lipinski definition) is 3. The fourth-order valence-electron chi connectivity index (χ4n) is 4.39. The average Bonchev–Trinajstić information content (AvgIpc) is 3.54. The van der Waals surface area contributed by atoms with Crippen molar-refractivity contribution in [1.29, 1.82) is 0 Å². The topological polar surface area (TPSA) is 46.9 Å². The zero-order valence-electron chi connectivity index (χ0n) is 18.9. The molecule has 1 N–H and O–H groups in total. The maximum Gasteiger partial charge on any atom is 0.270 e. The monoisotopic (exact) mass is 495 g/mol. The standard InChI is InChI=1S/C29H19F2N3OS/c30-24-12-11-18(13-25(24)31)15-33-29(35)26-16-32-17-34(26)20-6-3-5-19(14-20)21-8-4-9-23-22-7-1-2-10-27(22)36-28(21)23/h1-14,16-17H,15H2,(H,33,35). The number of imidazole rings is 1. The van der Waals surface area contributed by atoms with Crippen LogP contribution in [0, 0.1) is 11.6 Å². The first-order valence-electron chi connectivity index (χ1n) is 11.3. The highest BCUT2D eigenvalue weighted by molar-refractivity contribution is 7.26. The van der Waals surface area contributed by atoms with Crippen LogP contribution in [0.25, 0.3) is 37.0 Å². The van der Waals surface area contributed by atoms with Crippen molar-refractivity contribution < 1.29 is 13.6 Å². The summed E-state index contributed by atoms with van der Waals surface area (Å²) < 4.78 is 30.9. The first-order chi connectivity index (χ1) is 17.6. The highest BCUT2D eigenvalue weighted by atomic mass is 32.1. The maximum absolute atomic E-state index is 13.5. The smallest absolute Gasteiger partial charge is 0.270 e. The number of halogens is 2. The van der Waals surface area contributed by atoms with Gasteiger partial charge in [-0.05, 0) is 47.0 Å². The van der Waals surface area contributed by atoms with Gasteiger partial charge in [-0.1, -0.05) is 54.6 Å². The minimum atomic E-state index is -0.947. The number of carbonyl (C=O) groups excluding carboxylic acids is 1. The van der Waals surface area contributed by atoms with E-state index in [0.29, 0.717) is 11.3 Å². The first kappa shape index (κ1) is 22.1. The SMILES string of the molecule is O=C(NCc1ccc(F)c(F)c1)c1cncn1-c1cccc(-c2cccc3c2sc2ccccc23)c1. The second-order valence-electron chi connectivity index (χ2n) is 8.41. The molecule has 6 rings (SSSR count). The number of rotatable bonds is 5. The van der Waals surface area contributed by atoms with E-state index in [4.69, 9.17) is 0 Å². The van der Waals surface area contributed by atoms with Crippen LogP contribution in [0.4, 0.5) is 8.78 Å². The number of thiophene rings is 1. The van der Waals surface area contributed by atoms with E-state index in [1.54, 1.807) is 22.2 Å². The van der Waals surface area contributed by atoms with Crippen LogP contribution in [0.1, 0.15) is 16.1 Å². The molecule has 0 aliphatic rings. The van der Waals surface area contributed by atoms with Gasteiger partial charge in [0.15, 0.2) is 11.6 Å². The third-order valence-corrected chi connectivity index (χ3v) is 7.37. The van der Waals surface area contributed by atoms with E-state index in [0.717, 1.165) is 28.9 Å². The van der Waals surface area contributed by atoms with Crippen LogP contribution in [0.3, 0.4) is 0 Å². The van der Waals surface area contributed by atoms with Crippen molar-refractivity contribution in [2.24, 2.45) is 0 Å². The minimum Gasteiger partial charge on any atom is -0.347 e. The second kappa shape index (κ2) is 9.02. The molecule has 0 aliphatic heterocycles. The number of aromatic nitrogens is 2. The van der Waals surface area contributed by atoms with Gasteiger partial charge in [0.05, 0.1) is 12.5 Å². The van der Waals surface area contributed by atoms with Gasteiger partial charge < -0.3 is 5.32 Å². The van der Waals surface area contributed by atoms with E-state index in [1.807, 2.05) is 18.2 Å². The number of benzene rings is 4. The molecule has 0 spiro atoms. The van der Waals surface area contributed by atoms with Crippen LogP contribution >= 0.6 is 11.3 Å². The van der Waals surface area contributed by atoms with E-state index in [-0.39, 0.29) is 12.5 Å². The molecule has 36 heavy (non-hydrogen) atoms. The molecule has 0 fully saturated rings. The molecule has 0 unspecified atom stereocenters. The maximum atomic E-state index is 13.5. The lowest BCUT2D eigenvalue weighted by atomic mass is 10.0. The van der Waals surface area contributed by atoms with Gasteiger partial charge >= 0.3 is 0 Å². The van der Waals surface area contributed by atoms with Crippen molar-refractivity contribution in [3.8, 4) is 16.8 Å². The Balaban J connectivity index is 1.32. The van der Waals surface area contributed by atoms with Crippen LogP contribution < -0.4 is 5.32 Å².